The molecule has 1 aromatic carbocycles. The summed E-state index contributed by atoms with van der Waals surface area (Å²) < 4.78 is 12.0. The van der Waals surface area contributed by atoms with Crippen molar-refractivity contribution in [3.05, 3.63) is 59.9 Å². The number of carbonyl (C=O) groups excluding carboxylic acids is 3. The summed E-state index contributed by atoms with van der Waals surface area (Å²) in [7, 11) is 3.48. The van der Waals surface area contributed by atoms with Crippen LogP contribution in [-0.4, -0.2) is 65.6 Å². The number of benzene rings is 1. The molecule has 0 bridgehead atoms. The molecule has 1 aromatic heterocycles. The first kappa shape index (κ1) is 25.1. The standard InChI is InChI=1S/C24H33N3O5/c1-4-32-24(30)13-12-22(28)26(15-16-31-3)19-23(29)27(17-20-9-6-5-7-10-20)18-21-11-8-14-25(21)2/h5-11,14H,4,12-13,15-19H2,1-3H3. The van der Waals surface area contributed by atoms with E-state index in [1.54, 1.807) is 18.9 Å². The van der Waals surface area contributed by atoms with Crippen molar-refractivity contribution >= 4 is 17.8 Å². The van der Waals surface area contributed by atoms with Gasteiger partial charge in [0.2, 0.25) is 11.8 Å². The molecule has 0 N–H and O–H groups in total. The van der Waals surface area contributed by atoms with Crippen molar-refractivity contribution in [1.82, 2.24) is 14.4 Å². The summed E-state index contributed by atoms with van der Waals surface area (Å²) >= 11 is 0. The first-order chi connectivity index (χ1) is 15.4. The van der Waals surface area contributed by atoms with Crippen molar-refractivity contribution < 1.29 is 23.9 Å². The van der Waals surface area contributed by atoms with Gasteiger partial charge >= 0.3 is 5.97 Å². The first-order valence-corrected chi connectivity index (χ1v) is 10.8. The molecule has 0 aliphatic carbocycles. The zero-order valence-corrected chi connectivity index (χ0v) is 19.2. The third kappa shape index (κ3) is 8.19. The molecule has 2 rings (SSSR count). The molecule has 0 aliphatic rings. The Morgan fingerprint density at radius 1 is 0.938 bits per heavy atom. The molecular weight excluding hydrogens is 410 g/mol. The highest BCUT2D eigenvalue weighted by Gasteiger charge is 2.23. The Morgan fingerprint density at radius 3 is 2.31 bits per heavy atom. The zero-order chi connectivity index (χ0) is 23.3. The number of methoxy groups -OCH3 is 1. The number of aromatic nitrogens is 1. The van der Waals surface area contributed by atoms with Gasteiger partial charge in [-0.1, -0.05) is 30.3 Å². The molecule has 0 spiro atoms. The molecule has 0 aliphatic heterocycles. The third-order valence-electron chi connectivity index (χ3n) is 5.07. The summed E-state index contributed by atoms with van der Waals surface area (Å²) in [5.74, 6) is -0.870. The van der Waals surface area contributed by atoms with Gasteiger partial charge in [-0.15, -0.1) is 0 Å². The number of amides is 2. The Balaban J connectivity index is 2.11. The second-order valence-electron chi connectivity index (χ2n) is 7.46. The topological polar surface area (TPSA) is 81.1 Å². The van der Waals surface area contributed by atoms with E-state index >= 15 is 0 Å². The summed E-state index contributed by atoms with van der Waals surface area (Å²) in [5.41, 5.74) is 2.00. The quantitative estimate of drug-likeness (QED) is 0.444. The van der Waals surface area contributed by atoms with Gasteiger partial charge in [0.15, 0.2) is 0 Å². The van der Waals surface area contributed by atoms with Crippen LogP contribution in [0.1, 0.15) is 31.0 Å². The first-order valence-electron chi connectivity index (χ1n) is 10.8. The lowest BCUT2D eigenvalue weighted by atomic mass is 10.2. The summed E-state index contributed by atoms with van der Waals surface area (Å²) in [5, 5.41) is 0. The lowest BCUT2D eigenvalue weighted by Crippen LogP contribution is -2.44. The monoisotopic (exact) mass is 443 g/mol. The van der Waals surface area contributed by atoms with E-state index in [2.05, 4.69) is 0 Å². The van der Waals surface area contributed by atoms with E-state index in [0.717, 1.165) is 11.3 Å². The van der Waals surface area contributed by atoms with E-state index in [-0.39, 0.29) is 44.4 Å². The molecule has 2 amide bonds. The van der Waals surface area contributed by atoms with E-state index < -0.39 is 5.97 Å². The van der Waals surface area contributed by atoms with Gasteiger partial charge in [0, 0.05) is 45.6 Å². The van der Waals surface area contributed by atoms with Gasteiger partial charge < -0.3 is 23.8 Å². The molecule has 0 atom stereocenters. The lowest BCUT2D eigenvalue weighted by Gasteiger charge is -2.28. The number of carbonyl (C=O) groups is 3. The van der Waals surface area contributed by atoms with Gasteiger partial charge in [0.1, 0.15) is 0 Å². The predicted octanol–water partition coefficient (Wildman–Crippen LogP) is 2.37. The van der Waals surface area contributed by atoms with Crippen molar-refractivity contribution in [1.29, 1.82) is 0 Å². The maximum atomic E-state index is 13.3. The Bertz CT molecular complexity index is 866. The number of hydrogen-bond acceptors (Lipinski definition) is 5. The van der Waals surface area contributed by atoms with Crippen molar-refractivity contribution in [2.45, 2.75) is 32.9 Å². The number of esters is 1. The van der Waals surface area contributed by atoms with E-state index in [1.807, 2.05) is 60.3 Å². The largest absolute Gasteiger partial charge is 0.466 e. The minimum atomic E-state index is -0.423. The molecule has 0 fully saturated rings. The van der Waals surface area contributed by atoms with Gasteiger partial charge in [0.05, 0.1) is 32.7 Å². The van der Waals surface area contributed by atoms with Crippen LogP contribution in [-0.2, 0) is 44.0 Å². The molecule has 0 saturated carbocycles. The van der Waals surface area contributed by atoms with Crippen LogP contribution in [0.2, 0.25) is 0 Å². The Hall–Kier alpha value is -3.13. The molecule has 8 nitrogen and oxygen atoms in total. The number of hydrogen-bond donors (Lipinski definition) is 0. The van der Waals surface area contributed by atoms with E-state index in [1.165, 1.54) is 4.90 Å². The van der Waals surface area contributed by atoms with Crippen LogP contribution in [0.3, 0.4) is 0 Å². The smallest absolute Gasteiger partial charge is 0.306 e. The fourth-order valence-corrected chi connectivity index (χ4v) is 3.25. The molecule has 2 aromatic rings. The van der Waals surface area contributed by atoms with Gasteiger partial charge in [0.25, 0.3) is 0 Å². The Labute approximate surface area is 189 Å². The summed E-state index contributed by atoms with van der Waals surface area (Å²) in [6.45, 7) is 3.33. The highest BCUT2D eigenvalue weighted by Crippen LogP contribution is 2.12. The molecule has 0 radical (unpaired) electrons. The van der Waals surface area contributed by atoms with E-state index in [4.69, 9.17) is 9.47 Å². The van der Waals surface area contributed by atoms with Gasteiger partial charge in [-0.05, 0) is 24.6 Å². The number of aryl methyl sites for hydroxylation is 1. The van der Waals surface area contributed by atoms with Crippen LogP contribution in [0, 0.1) is 0 Å². The summed E-state index contributed by atoms with van der Waals surface area (Å²) in [4.78, 5) is 40.9. The summed E-state index contributed by atoms with van der Waals surface area (Å²) in [6.07, 6.45) is 1.91. The minimum absolute atomic E-state index is 0.00762. The Kier molecular flexibility index (Phi) is 10.5. The van der Waals surface area contributed by atoms with Crippen molar-refractivity contribution in [3.8, 4) is 0 Å². The maximum absolute atomic E-state index is 13.3. The fraction of sp³-hybridized carbons (Fsp3) is 0.458. The Morgan fingerprint density at radius 2 is 1.69 bits per heavy atom. The fourth-order valence-electron chi connectivity index (χ4n) is 3.25. The highest BCUT2D eigenvalue weighted by molar-refractivity contribution is 5.86. The third-order valence-corrected chi connectivity index (χ3v) is 5.07. The molecular formula is C24H33N3O5. The summed E-state index contributed by atoms with van der Waals surface area (Å²) in [6, 6.07) is 13.6. The number of ether oxygens (including phenoxy) is 2. The molecule has 174 valence electrons. The molecule has 0 unspecified atom stereocenters. The van der Waals surface area contributed by atoms with Gasteiger partial charge in [-0.25, -0.2) is 0 Å². The normalized spacial score (nSPS) is 10.6. The van der Waals surface area contributed by atoms with Crippen molar-refractivity contribution in [3.63, 3.8) is 0 Å². The zero-order valence-electron chi connectivity index (χ0n) is 19.2. The number of nitrogens with zero attached hydrogens (tertiary/aromatic N) is 3. The second kappa shape index (κ2) is 13.3. The number of rotatable bonds is 13. The second-order valence-corrected chi connectivity index (χ2v) is 7.46. The van der Waals surface area contributed by atoms with Crippen LogP contribution in [0.5, 0.6) is 0 Å². The van der Waals surface area contributed by atoms with Crippen molar-refractivity contribution in [2.75, 3.05) is 33.4 Å². The average Bonchev–Trinajstić information content (AvgIpc) is 3.19. The maximum Gasteiger partial charge on any atom is 0.306 e. The lowest BCUT2D eigenvalue weighted by molar-refractivity contribution is -0.146. The highest BCUT2D eigenvalue weighted by atomic mass is 16.5. The SMILES string of the molecule is CCOC(=O)CCC(=O)N(CCOC)CC(=O)N(Cc1ccccc1)Cc1cccn1C. The van der Waals surface area contributed by atoms with Crippen LogP contribution >= 0.6 is 0 Å². The molecule has 32 heavy (non-hydrogen) atoms. The predicted molar refractivity (Wildman–Crippen MR) is 120 cm³/mol. The van der Waals surface area contributed by atoms with Crippen molar-refractivity contribution in [2.24, 2.45) is 7.05 Å². The van der Waals surface area contributed by atoms with Crippen LogP contribution in [0.25, 0.3) is 0 Å². The molecule has 8 heteroatoms. The van der Waals surface area contributed by atoms with E-state index in [9.17, 15) is 14.4 Å². The molecule has 1 heterocycles. The van der Waals surface area contributed by atoms with Crippen LogP contribution < -0.4 is 0 Å². The van der Waals surface area contributed by atoms with Gasteiger partial charge in [-0.3, -0.25) is 14.4 Å². The molecule has 0 saturated heterocycles. The van der Waals surface area contributed by atoms with Crippen LogP contribution in [0.15, 0.2) is 48.7 Å². The van der Waals surface area contributed by atoms with E-state index in [0.29, 0.717) is 19.7 Å². The van der Waals surface area contributed by atoms with Gasteiger partial charge in [-0.2, -0.15) is 0 Å². The minimum Gasteiger partial charge on any atom is -0.466 e. The van der Waals surface area contributed by atoms with Crippen LogP contribution in [0.4, 0.5) is 0 Å². The average molecular weight is 444 g/mol.